The van der Waals surface area contributed by atoms with E-state index < -0.39 is 0 Å². The lowest BCUT2D eigenvalue weighted by Crippen LogP contribution is -2.12. The predicted octanol–water partition coefficient (Wildman–Crippen LogP) is 11.9. The van der Waals surface area contributed by atoms with Crippen LogP contribution >= 0.6 is 0 Å². The Hall–Kier alpha value is -5.66. The van der Waals surface area contributed by atoms with Crippen molar-refractivity contribution >= 4 is 49.4 Å². The lowest BCUT2D eigenvalue weighted by atomic mass is 9.90. The van der Waals surface area contributed by atoms with Crippen molar-refractivity contribution in [1.29, 1.82) is 0 Å². The van der Waals surface area contributed by atoms with Gasteiger partial charge >= 0.3 is 0 Å². The Balaban J connectivity index is 1.48. The molecule has 0 aliphatic carbocycles. The van der Waals surface area contributed by atoms with E-state index in [4.69, 9.17) is 0 Å². The third kappa shape index (κ3) is 4.43. The fourth-order valence-corrected chi connectivity index (χ4v) is 6.41. The average molecular weight is 548 g/mol. The van der Waals surface area contributed by atoms with E-state index >= 15 is 0 Å². The summed E-state index contributed by atoms with van der Waals surface area (Å²) in [6.45, 7) is 0. The zero-order valence-electron chi connectivity index (χ0n) is 23.7. The highest BCUT2D eigenvalue weighted by atomic mass is 15.1. The van der Waals surface area contributed by atoms with E-state index in [1.807, 2.05) is 0 Å². The van der Waals surface area contributed by atoms with E-state index in [0.717, 1.165) is 11.4 Å². The monoisotopic (exact) mass is 547 g/mol. The second kappa shape index (κ2) is 10.6. The predicted molar refractivity (Wildman–Crippen MR) is 185 cm³/mol. The first kappa shape index (κ1) is 25.1. The van der Waals surface area contributed by atoms with Crippen LogP contribution in [0.3, 0.4) is 0 Å². The Labute approximate surface area is 251 Å². The Bertz CT molecular complexity index is 2220. The summed E-state index contributed by atoms with van der Waals surface area (Å²) in [6.07, 6.45) is 0. The summed E-state index contributed by atoms with van der Waals surface area (Å²) in [4.78, 5) is 2.46. The molecule has 1 heteroatoms. The maximum absolute atomic E-state index is 2.46. The summed E-state index contributed by atoms with van der Waals surface area (Å²) in [6, 6.07) is 63.5. The fraction of sp³-hybridized carbons (Fsp3) is 0. The smallest absolute Gasteiger partial charge is 0.0624 e. The lowest BCUT2D eigenvalue weighted by molar-refractivity contribution is 1.31. The molecule has 0 fully saturated rings. The molecule has 0 aromatic heterocycles. The maximum atomic E-state index is 2.46. The van der Waals surface area contributed by atoms with Crippen LogP contribution in [0.1, 0.15) is 0 Å². The van der Waals surface area contributed by atoms with E-state index in [2.05, 4.69) is 181 Å². The van der Waals surface area contributed by atoms with Crippen molar-refractivity contribution in [1.82, 2.24) is 0 Å². The Morgan fingerprint density at radius 3 is 1.49 bits per heavy atom. The summed E-state index contributed by atoms with van der Waals surface area (Å²) in [5, 5.41) is 7.43. The molecule has 202 valence electrons. The Kier molecular flexibility index (Phi) is 6.20. The summed E-state index contributed by atoms with van der Waals surface area (Å²) >= 11 is 0. The van der Waals surface area contributed by atoms with Crippen LogP contribution in [-0.2, 0) is 0 Å². The van der Waals surface area contributed by atoms with Crippen LogP contribution in [0.4, 0.5) is 17.1 Å². The molecule has 0 aliphatic heterocycles. The molecule has 8 rings (SSSR count). The van der Waals surface area contributed by atoms with Gasteiger partial charge in [0.15, 0.2) is 0 Å². The molecule has 0 heterocycles. The van der Waals surface area contributed by atoms with E-state index in [9.17, 15) is 0 Å². The summed E-state index contributed by atoms with van der Waals surface area (Å²) in [7, 11) is 0. The van der Waals surface area contributed by atoms with E-state index in [1.165, 1.54) is 60.3 Å². The topological polar surface area (TPSA) is 3.24 Å². The molecule has 0 saturated heterocycles. The highest BCUT2D eigenvalue weighted by molar-refractivity contribution is 6.22. The van der Waals surface area contributed by atoms with Crippen molar-refractivity contribution in [3.05, 3.63) is 176 Å². The molecule has 0 aliphatic rings. The van der Waals surface area contributed by atoms with E-state index in [1.54, 1.807) is 0 Å². The largest absolute Gasteiger partial charge is 0.309 e. The van der Waals surface area contributed by atoms with Gasteiger partial charge in [-0.25, -0.2) is 0 Å². The van der Waals surface area contributed by atoms with Gasteiger partial charge in [0, 0.05) is 22.3 Å². The maximum Gasteiger partial charge on any atom is 0.0624 e. The van der Waals surface area contributed by atoms with Gasteiger partial charge in [-0.15, -0.1) is 0 Å². The van der Waals surface area contributed by atoms with Crippen molar-refractivity contribution < 1.29 is 0 Å². The van der Waals surface area contributed by atoms with Crippen molar-refractivity contribution in [3.63, 3.8) is 0 Å². The summed E-state index contributed by atoms with van der Waals surface area (Å²) < 4.78 is 0. The quantitative estimate of drug-likeness (QED) is 0.194. The zero-order valence-corrected chi connectivity index (χ0v) is 23.7. The number of hydrogen-bond acceptors (Lipinski definition) is 1. The standard InChI is InChI=1S/C42H29N/c1-3-13-30(14-4-1)32-23-26-35(27-24-32)43(36-28-25-31-15-7-8-18-34(31)29-36)42-40-22-12-10-20-38(40)37-19-9-11-21-39(37)41(42)33-16-5-2-6-17-33/h1-29H. The van der Waals surface area contributed by atoms with Crippen molar-refractivity contribution in [2.45, 2.75) is 0 Å². The molecule has 0 spiro atoms. The molecule has 0 bridgehead atoms. The first-order chi connectivity index (χ1) is 21.3. The number of nitrogens with zero attached hydrogens (tertiary/aromatic N) is 1. The average Bonchev–Trinajstić information content (AvgIpc) is 3.09. The minimum atomic E-state index is 1.12. The number of fused-ring (bicyclic) bond motifs is 4. The first-order valence-corrected chi connectivity index (χ1v) is 14.8. The van der Waals surface area contributed by atoms with E-state index in [0.29, 0.717) is 0 Å². The molecular formula is C42H29N. The van der Waals surface area contributed by atoms with Gasteiger partial charge in [-0.2, -0.15) is 0 Å². The first-order valence-electron chi connectivity index (χ1n) is 14.8. The summed E-state index contributed by atoms with van der Waals surface area (Å²) in [5.74, 6) is 0. The van der Waals surface area contributed by atoms with Crippen LogP contribution in [0.2, 0.25) is 0 Å². The molecule has 0 radical (unpaired) electrons. The van der Waals surface area contributed by atoms with Crippen molar-refractivity contribution in [2.75, 3.05) is 4.90 Å². The van der Waals surface area contributed by atoms with Gasteiger partial charge in [0.2, 0.25) is 0 Å². The molecule has 0 amide bonds. The van der Waals surface area contributed by atoms with Gasteiger partial charge in [-0.1, -0.05) is 152 Å². The lowest BCUT2D eigenvalue weighted by Gasteiger charge is -2.31. The third-order valence-corrected chi connectivity index (χ3v) is 8.42. The molecule has 0 saturated carbocycles. The van der Waals surface area contributed by atoms with Gasteiger partial charge in [0.1, 0.15) is 0 Å². The number of rotatable bonds is 5. The highest BCUT2D eigenvalue weighted by Gasteiger charge is 2.23. The molecule has 0 atom stereocenters. The van der Waals surface area contributed by atoms with Crippen LogP contribution < -0.4 is 4.90 Å². The van der Waals surface area contributed by atoms with Gasteiger partial charge < -0.3 is 4.90 Å². The number of anilines is 3. The summed E-state index contributed by atoms with van der Waals surface area (Å²) in [5.41, 5.74) is 8.28. The number of hydrogen-bond donors (Lipinski definition) is 0. The van der Waals surface area contributed by atoms with Gasteiger partial charge in [-0.05, 0) is 67.9 Å². The Morgan fingerprint density at radius 2 is 0.791 bits per heavy atom. The van der Waals surface area contributed by atoms with Crippen LogP contribution in [0, 0.1) is 0 Å². The van der Waals surface area contributed by atoms with Crippen LogP contribution in [0.15, 0.2) is 176 Å². The van der Waals surface area contributed by atoms with Crippen molar-refractivity contribution in [3.8, 4) is 22.3 Å². The molecule has 8 aromatic carbocycles. The minimum Gasteiger partial charge on any atom is -0.309 e. The van der Waals surface area contributed by atoms with Gasteiger partial charge in [-0.3, -0.25) is 0 Å². The minimum absolute atomic E-state index is 1.12. The molecular weight excluding hydrogens is 518 g/mol. The molecule has 8 aromatic rings. The van der Waals surface area contributed by atoms with Crippen LogP contribution in [0.5, 0.6) is 0 Å². The second-order valence-corrected chi connectivity index (χ2v) is 11.0. The zero-order chi connectivity index (χ0) is 28.6. The normalized spacial score (nSPS) is 11.3. The van der Waals surface area contributed by atoms with Gasteiger partial charge in [0.05, 0.1) is 5.69 Å². The highest BCUT2D eigenvalue weighted by Crippen LogP contribution is 2.49. The fourth-order valence-electron chi connectivity index (χ4n) is 6.41. The second-order valence-electron chi connectivity index (χ2n) is 11.0. The molecule has 1 nitrogen and oxygen atoms in total. The van der Waals surface area contributed by atoms with Crippen LogP contribution in [-0.4, -0.2) is 0 Å². The Morgan fingerprint density at radius 1 is 0.302 bits per heavy atom. The molecule has 0 N–H and O–H groups in total. The SMILES string of the molecule is c1ccc(-c2ccc(N(c3ccc4ccccc4c3)c3c(-c4ccccc4)c4ccccc4c4ccccc34)cc2)cc1. The van der Waals surface area contributed by atoms with Gasteiger partial charge in [0.25, 0.3) is 0 Å². The molecule has 0 unspecified atom stereocenters. The van der Waals surface area contributed by atoms with Crippen molar-refractivity contribution in [2.24, 2.45) is 0 Å². The van der Waals surface area contributed by atoms with E-state index in [-0.39, 0.29) is 0 Å². The number of benzene rings is 8. The molecule has 43 heavy (non-hydrogen) atoms. The van der Waals surface area contributed by atoms with Crippen LogP contribution in [0.25, 0.3) is 54.6 Å². The third-order valence-electron chi connectivity index (χ3n) is 8.42.